The van der Waals surface area contributed by atoms with E-state index in [1.807, 2.05) is 39.0 Å². The van der Waals surface area contributed by atoms with Gasteiger partial charge in [-0.05, 0) is 23.5 Å². The molecule has 0 radical (unpaired) electrons. The van der Waals surface area contributed by atoms with Crippen molar-refractivity contribution < 1.29 is 4.79 Å². The third-order valence-corrected chi connectivity index (χ3v) is 3.24. The molecule has 3 nitrogen and oxygen atoms in total. The van der Waals surface area contributed by atoms with Gasteiger partial charge < -0.3 is 10.6 Å². The number of aryl methyl sites for hydroxylation is 1. The Morgan fingerprint density at radius 1 is 1.33 bits per heavy atom. The maximum atomic E-state index is 12.2. The van der Waals surface area contributed by atoms with Crippen molar-refractivity contribution in [2.45, 2.75) is 40.3 Å². The van der Waals surface area contributed by atoms with Gasteiger partial charge in [-0.15, -0.1) is 0 Å². The van der Waals surface area contributed by atoms with Crippen LogP contribution in [0.1, 0.15) is 31.9 Å². The molecule has 1 atom stereocenters. The zero-order valence-electron chi connectivity index (χ0n) is 12.0. The van der Waals surface area contributed by atoms with Gasteiger partial charge in [0.1, 0.15) is 0 Å². The van der Waals surface area contributed by atoms with E-state index in [0.29, 0.717) is 6.54 Å². The second kappa shape index (κ2) is 5.53. The molecule has 1 aromatic rings. The third-order valence-electron chi connectivity index (χ3n) is 3.24. The van der Waals surface area contributed by atoms with E-state index >= 15 is 0 Å². The maximum Gasteiger partial charge on any atom is 0.240 e. The standard InChI is InChI=1S/C15H24N2O/c1-11-8-6-7-9-12(11)10-17(5)14(18)13(16)15(2,3)4/h6-9,13H,10,16H2,1-5H3/t13-/m1/s1. The van der Waals surface area contributed by atoms with Crippen LogP contribution >= 0.6 is 0 Å². The van der Waals surface area contributed by atoms with E-state index in [1.165, 1.54) is 5.56 Å². The molecule has 1 rings (SSSR count). The van der Waals surface area contributed by atoms with E-state index in [9.17, 15) is 4.79 Å². The summed E-state index contributed by atoms with van der Waals surface area (Å²) in [5, 5.41) is 0. The quantitative estimate of drug-likeness (QED) is 0.892. The van der Waals surface area contributed by atoms with Crippen LogP contribution in [0.2, 0.25) is 0 Å². The number of nitrogens with two attached hydrogens (primary N) is 1. The van der Waals surface area contributed by atoms with Crippen molar-refractivity contribution in [1.82, 2.24) is 4.90 Å². The maximum absolute atomic E-state index is 12.2. The van der Waals surface area contributed by atoms with Crippen LogP contribution in [0.15, 0.2) is 24.3 Å². The number of amides is 1. The van der Waals surface area contributed by atoms with Crippen LogP contribution in [-0.2, 0) is 11.3 Å². The lowest BCUT2D eigenvalue weighted by Gasteiger charge is -2.30. The van der Waals surface area contributed by atoms with E-state index < -0.39 is 6.04 Å². The van der Waals surface area contributed by atoms with Crippen LogP contribution in [-0.4, -0.2) is 23.9 Å². The first-order chi connectivity index (χ1) is 8.23. The van der Waals surface area contributed by atoms with Gasteiger partial charge in [0.25, 0.3) is 0 Å². The monoisotopic (exact) mass is 248 g/mol. The molecule has 0 aliphatic heterocycles. The summed E-state index contributed by atoms with van der Waals surface area (Å²) in [6.07, 6.45) is 0. The van der Waals surface area contributed by atoms with Crippen LogP contribution in [0.4, 0.5) is 0 Å². The highest BCUT2D eigenvalue weighted by atomic mass is 16.2. The highest BCUT2D eigenvalue weighted by molar-refractivity contribution is 5.82. The summed E-state index contributed by atoms with van der Waals surface area (Å²) >= 11 is 0. The lowest BCUT2D eigenvalue weighted by atomic mass is 9.86. The Morgan fingerprint density at radius 2 is 1.89 bits per heavy atom. The SMILES string of the molecule is Cc1ccccc1CN(C)C(=O)[C@@H](N)C(C)(C)C. The van der Waals surface area contributed by atoms with Crippen molar-refractivity contribution in [3.05, 3.63) is 35.4 Å². The molecular weight excluding hydrogens is 224 g/mol. The van der Waals surface area contributed by atoms with Gasteiger partial charge in [-0.2, -0.15) is 0 Å². The van der Waals surface area contributed by atoms with E-state index in [0.717, 1.165) is 5.56 Å². The molecule has 100 valence electrons. The summed E-state index contributed by atoms with van der Waals surface area (Å²) in [4.78, 5) is 13.9. The van der Waals surface area contributed by atoms with Crippen LogP contribution < -0.4 is 5.73 Å². The highest BCUT2D eigenvalue weighted by Gasteiger charge is 2.29. The first-order valence-corrected chi connectivity index (χ1v) is 6.28. The molecule has 3 heteroatoms. The van der Waals surface area contributed by atoms with Crippen molar-refractivity contribution in [3.8, 4) is 0 Å². The second-order valence-electron chi connectivity index (χ2n) is 5.96. The largest absolute Gasteiger partial charge is 0.340 e. The molecule has 18 heavy (non-hydrogen) atoms. The van der Waals surface area contributed by atoms with Crippen molar-refractivity contribution in [2.24, 2.45) is 11.1 Å². The van der Waals surface area contributed by atoms with Crippen LogP contribution in [0, 0.1) is 12.3 Å². The van der Waals surface area contributed by atoms with Gasteiger partial charge in [-0.3, -0.25) is 4.79 Å². The normalized spacial score (nSPS) is 13.2. The van der Waals surface area contributed by atoms with E-state index in [2.05, 4.69) is 13.0 Å². The Kier molecular flexibility index (Phi) is 4.52. The van der Waals surface area contributed by atoms with E-state index in [4.69, 9.17) is 5.73 Å². The molecule has 1 amide bonds. The average molecular weight is 248 g/mol. The van der Waals surface area contributed by atoms with Gasteiger partial charge in [0.05, 0.1) is 6.04 Å². The number of carbonyl (C=O) groups excluding carboxylic acids is 1. The number of rotatable bonds is 3. The van der Waals surface area contributed by atoms with Crippen molar-refractivity contribution >= 4 is 5.91 Å². The molecule has 0 unspecified atom stereocenters. The predicted molar refractivity (Wildman–Crippen MR) is 75.1 cm³/mol. The first kappa shape index (κ1) is 14.7. The van der Waals surface area contributed by atoms with Crippen LogP contribution in [0.5, 0.6) is 0 Å². The molecule has 0 bridgehead atoms. The fourth-order valence-corrected chi connectivity index (χ4v) is 1.73. The molecule has 0 saturated heterocycles. The number of likely N-dealkylation sites (N-methyl/N-ethyl adjacent to an activating group) is 1. The number of benzene rings is 1. The molecule has 0 aliphatic rings. The van der Waals surface area contributed by atoms with Gasteiger partial charge in [0.15, 0.2) is 0 Å². The molecular formula is C15H24N2O. The minimum atomic E-state index is -0.466. The van der Waals surface area contributed by atoms with Crippen LogP contribution in [0.3, 0.4) is 0 Å². The van der Waals surface area contributed by atoms with Gasteiger partial charge in [-0.25, -0.2) is 0 Å². The van der Waals surface area contributed by atoms with Crippen molar-refractivity contribution in [1.29, 1.82) is 0 Å². The summed E-state index contributed by atoms with van der Waals surface area (Å²) in [6, 6.07) is 7.62. The lowest BCUT2D eigenvalue weighted by Crippen LogP contribution is -2.48. The molecule has 0 saturated carbocycles. The summed E-state index contributed by atoms with van der Waals surface area (Å²) in [6.45, 7) is 8.61. The fourth-order valence-electron chi connectivity index (χ4n) is 1.73. The molecule has 0 aromatic heterocycles. The molecule has 0 spiro atoms. The number of nitrogens with zero attached hydrogens (tertiary/aromatic N) is 1. The molecule has 1 aromatic carbocycles. The Morgan fingerprint density at radius 3 is 2.39 bits per heavy atom. The first-order valence-electron chi connectivity index (χ1n) is 6.28. The Labute approximate surface area is 110 Å². The Bertz CT molecular complexity index is 421. The number of hydrogen-bond acceptors (Lipinski definition) is 2. The number of carbonyl (C=O) groups is 1. The highest BCUT2D eigenvalue weighted by Crippen LogP contribution is 2.19. The average Bonchev–Trinajstić information content (AvgIpc) is 2.29. The predicted octanol–water partition coefficient (Wildman–Crippen LogP) is 2.33. The zero-order valence-corrected chi connectivity index (χ0v) is 12.0. The van der Waals surface area contributed by atoms with Crippen molar-refractivity contribution in [2.75, 3.05) is 7.05 Å². The molecule has 0 heterocycles. The molecule has 0 aliphatic carbocycles. The Hall–Kier alpha value is -1.35. The van der Waals surface area contributed by atoms with Gasteiger partial charge in [0.2, 0.25) is 5.91 Å². The van der Waals surface area contributed by atoms with E-state index in [-0.39, 0.29) is 11.3 Å². The zero-order chi connectivity index (χ0) is 13.9. The van der Waals surface area contributed by atoms with Crippen LogP contribution in [0.25, 0.3) is 0 Å². The van der Waals surface area contributed by atoms with Gasteiger partial charge >= 0.3 is 0 Å². The number of hydrogen-bond donors (Lipinski definition) is 1. The minimum absolute atomic E-state index is 0.00856. The summed E-state index contributed by atoms with van der Waals surface area (Å²) in [5.74, 6) is -0.00856. The second-order valence-corrected chi connectivity index (χ2v) is 5.96. The molecule has 0 fully saturated rings. The summed E-state index contributed by atoms with van der Waals surface area (Å²) < 4.78 is 0. The third kappa shape index (κ3) is 3.57. The van der Waals surface area contributed by atoms with Gasteiger partial charge in [0, 0.05) is 13.6 Å². The minimum Gasteiger partial charge on any atom is -0.340 e. The lowest BCUT2D eigenvalue weighted by molar-refractivity contribution is -0.134. The van der Waals surface area contributed by atoms with Gasteiger partial charge in [-0.1, -0.05) is 45.0 Å². The fraction of sp³-hybridized carbons (Fsp3) is 0.533. The molecule has 2 N–H and O–H groups in total. The summed E-state index contributed by atoms with van der Waals surface area (Å²) in [5.41, 5.74) is 8.14. The smallest absolute Gasteiger partial charge is 0.240 e. The van der Waals surface area contributed by atoms with Crippen molar-refractivity contribution in [3.63, 3.8) is 0 Å². The summed E-state index contributed by atoms with van der Waals surface area (Å²) in [7, 11) is 1.81. The topological polar surface area (TPSA) is 46.3 Å². The Balaban J connectivity index is 2.75. The van der Waals surface area contributed by atoms with E-state index in [1.54, 1.807) is 11.9 Å².